The zero-order valence-electron chi connectivity index (χ0n) is 17.6. The van der Waals surface area contributed by atoms with E-state index in [2.05, 4.69) is 4.98 Å². The molecule has 2 aromatic carbocycles. The van der Waals surface area contributed by atoms with Crippen LogP contribution in [0.15, 0.2) is 52.1 Å². The van der Waals surface area contributed by atoms with E-state index in [1.807, 2.05) is 57.2 Å². The van der Waals surface area contributed by atoms with E-state index in [1.54, 1.807) is 6.07 Å². The highest BCUT2D eigenvalue weighted by molar-refractivity contribution is 6.09. The van der Waals surface area contributed by atoms with Gasteiger partial charge >= 0.3 is 5.69 Å². The summed E-state index contributed by atoms with van der Waals surface area (Å²) in [6.07, 6.45) is 1.53. The van der Waals surface area contributed by atoms with Crippen LogP contribution in [0.25, 0.3) is 10.8 Å². The van der Waals surface area contributed by atoms with Crippen LogP contribution in [0.5, 0.6) is 0 Å². The van der Waals surface area contributed by atoms with E-state index in [0.717, 1.165) is 17.2 Å². The third kappa shape index (κ3) is 4.30. The number of anilines is 2. The average Bonchev–Trinajstić information content (AvgIpc) is 2.72. The second-order valence-corrected chi connectivity index (χ2v) is 7.87. The maximum atomic E-state index is 13.4. The zero-order chi connectivity index (χ0) is 21.8. The van der Waals surface area contributed by atoms with Gasteiger partial charge in [0, 0.05) is 18.7 Å². The van der Waals surface area contributed by atoms with Crippen LogP contribution in [0, 0.1) is 5.92 Å². The van der Waals surface area contributed by atoms with Gasteiger partial charge in [0.05, 0.1) is 0 Å². The molecule has 0 aliphatic heterocycles. The van der Waals surface area contributed by atoms with Crippen LogP contribution in [0.1, 0.15) is 44.0 Å². The molecule has 0 aliphatic carbocycles. The number of hydrogen-bond acceptors (Lipinski definition) is 4. The number of rotatable bonds is 7. The van der Waals surface area contributed by atoms with Crippen molar-refractivity contribution in [2.24, 2.45) is 5.92 Å². The lowest BCUT2D eigenvalue weighted by Gasteiger charge is -2.25. The van der Waals surface area contributed by atoms with E-state index in [4.69, 9.17) is 5.73 Å². The van der Waals surface area contributed by atoms with Crippen LogP contribution < -0.4 is 21.9 Å². The molecule has 3 N–H and O–H groups in total. The Balaban J connectivity index is 2.13. The van der Waals surface area contributed by atoms with E-state index in [-0.39, 0.29) is 23.3 Å². The summed E-state index contributed by atoms with van der Waals surface area (Å²) in [6, 6.07) is 13.2. The molecule has 1 amide bonds. The van der Waals surface area contributed by atoms with Crippen molar-refractivity contribution in [3.63, 3.8) is 0 Å². The molecule has 0 bridgehead atoms. The molecule has 0 atom stereocenters. The van der Waals surface area contributed by atoms with Gasteiger partial charge in [-0.1, -0.05) is 57.5 Å². The largest absolute Gasteiger partial charge is 0.383 e. The number of benzene rings is 2. The van der Waals surface area contributed by atoms with Crippen molar-refractivity contribution in [1.29, 1.82) is 0 Å². The van der Waals surface area contributed by atoms with Gasteiger partial charge in [-0.2, -0.15) is 0 Å². The van der Waals surface area contributed by atoms with E-state index in [1.165, 1.54) is 9.47 Å². The number of fused-ring (bicyclic) bond motifs is 1. The Morgan fingerprint density at radius 3 is 2.50 bits per heavy atom. The number of nitrogen functional groups attached to an aromatic ring is 1. The van der Waals surface area contributed by atoms with Gasteiger partial charge < -0.3 is 10.6 Å². The number of aromatic nitrogens is 2. The number of carbonyl (C=O) groups excluding carboxylic acids is 1. The normalized spacial score (nSPS) is 11.2. The average molecular weight is 409 g/mol. The second kappa shape index (κ2) is 8.98. The van der Waals surface area contributed by atoms with Crippen molar-refractivity contribution in [2.75, 3.05) is 17.2 Å². The molecule has 0 saturated carbocycles. The number of aromatic amines is 1. The van der Waals surface area contributed by atoms with Gasteiger partial charge in [0.15, 0.2) is 5.69 Å². The van der Waals surface area contributed by atoms with Crippen molar-refractivity contribution in [3.8, 4) is 0 Å². The fourth-order valence-corrected chi connectivity index (χ4v) is 3.49. The highest BCUT2D eigenvalue weighted by atomic mass is 16.2. The molecule has 0 saturated heterocycles. The Hall–Kier alpha value is -3.35. The Labute approximate surface area is 175 Å². The second-order valence-electron chi connectivity index (χ2n) is 7.87. The summed E-state index contributed by atoms with van der Waals surface area (Å²) in [7, 11) is 0. The predicted octanol–water partition coefficient (Wildman–Crippen LogP) is 3.37. The van der Waals surface area contributed by atoms with Crippen molar-refractivity contribution in [2.45, 2.75) is 40.2 Å². The molecular formula is C23H28N4O3. The van der Waals surface area contributed by atoms with Gasteiger partial charge in [-0.15, -0.1) is 0 Å². The third-order valence-electron chi connectivity index (χ3n) is 5.01. The van der Waals surface area contributed by atoms with Crippen LogP contribution >= 0.6 is 0 Å². The third-order valence-corrected chi connectivity index (χ3v) is 5.01. The molecule has 0 radical (unpaired) electrons. The SMILES string of the molecule is CCCCN(C(=O)c1ccc2ccccc2c1)c1c(N)n(CC(C)C)c(=O)[nH]c1=O. The maximum Gasteiger partial charge on any atom is 0.330 e. The van der Waals surface area contributed by atoms with E-state index < -0.39 is 11.2 Å². The first-order chi connectivity index (χ1) is 14.3. The molecule has 1 heterocycles. The quantitative estimate of drug-likeness (QED) is 0.626. The summed E-state index contributed by atoms with van der Waals surface area (Å²) in [5.74, 6) is -0.159. The van der Waals surface area contributed by atoms with Gasteiger partial charge in [-0.25, -0.2) is 4.79 Å². The van der Waals surface area contributed by atoms with Crippen LogP contribution in [0.3, 0.4) is 0 Å². The lowest BCUT2D eigenvalue weighted by atomic mass is 10.1. The Morgan fingerprint density at radius 1 is 1.13 bits per heavy atom. The van der Waals surface area contributed by atoms with Crippen LogP contribution in [-0.4, -0.2) is 22.0 Å². The predicted molar refractivity (Wildman–Crippen MR) is 121 cm³/mol. The molecule has 7 nitrogen and oxygen atoms in total. The standard InChI is InChI=1S/C23H28N4O3/c1-4-5-12-26(19-20(24)27(14-15(2)3)23(30)25-21(19)28)22(29)18-11-10-16-8-6-7-9-17(16)13-18/h6-11,13,15H,4-5,12,14,24H2,1-3H3,(H,25,28,30). The Bertz CT molecular complexity index is 1180. The highest BCUT2D eigenvalue weighted by Crippen LogP contribution is 2.23. The number of nitrogens with one attached hydrogen (secondary N) is 1. The lowest BCUT2D eigenvalue weighted by Crippen LogP contribution is -2.42. The monoisotopic (exact) mass is 408 g/mol. The van der Waals surface area contributed by atoms with Gasteiger partial charge in [-0.3, -0.25) is 19.1 Å². The summed E-state index contributed by atoms with van der Waals surface area (Å²) in [6.45, 7) is 6.58. The van der Waals surface area contributed by atoms with E-state index in [9.17, 15) is 14.4 Å². The van der Waals surface area contributed by atoms with E-state index in [0.29, 0.717) is 25.1 Å². The van der Waals surface area contributed by atoms with E-state index >= 15 is 0 Å². The molecule has 158 valence electrons. The van der Waals surface area contributed by atoms with Crippen LogP contribution in [0.4, 0.5) is 11.5 Å². The highest BCUT2D eigenvalue weighted by Gasteiger charge is 2.25. The van der Waals surface area contributed by atoms with Crippen molar-refractivity contribution in [3.05, 3.63) is 68.9 Å². The van der Waals surface area contributed by atoms with Crippen molar-refractivity contribution < 1.29 is 4.79 Å². The Morgan fingerprint density at radius 2 is 1.83 bits per heavy atom. The number of hydrogen-bond donors (Lipinski definition) is 2. The fourth-order valence-electron chi connectivity index (χ4n) is 3.49. The molecule has 7 heteroatoms. The van der Waals surface area contributed by atoms with Gasteiger partial charge in [0.1, 0.15) is 5.82 Å². The molecule has 30 heavy (non-hydrogen) atoms. The molecule has 0 fully saturated rings. The first kappa shape index (κ1) is 21.4. The van der Waals surface area contributed by atoms with Crippen LogP contribution in [-0.2, 0) is 6.54 Å². The minimum Gasteiger partial charge on any atom is -0.383 e. The molecule has 3 aromatic rings. The maximum absolute atomic E-state index is 13.4. The molecule has 3 rings (SSSR count). The van der Waals surface area contributed by atoms with Gasteiger partial charge in [0.25, 0.3) is 11.5 Å². The van der Waals surface area contributed by atoms with Gasteiger partial charge in [-0.05, 0) is 35.2 Å². The number of unbranched alkanes of at least 4 members (excludes halogenated alkanes) is 1. The number of amides is 1. The van der Waals surface area contributed by atoms with Gasteiger partial charge in [0.2, 0.25) is 0 Å². The molecule has 1 aromatic heterocycles. The molecule has 0 spiro atoms. The summed E-state index contributed by atoms with van der Waals surface area (Å²) in [5, 5.41) is 1.96. The summed E-state index contributed by atoms with van der Waals surface area (Å²) in [5.41, 5.74) is 5.54. The fraction of sp³-hybridized carbons (Fsp3) is 0.348. The van der Waals surface area contributed by atoms with Crippen molar-refractivity contribution in [1.82, 2.24) is 9.55 Å². The first-order valence-corrected chi connectivity index (χ1v) is 10.3. The molecule has 0 unspecified atom stereocenters. The number of H-pyrrole nitrogens is 1. The minimum absolute atomic E-state index is 0.0164. The smallest absolute Gasteiger partial charge is 0.330 e. The summed E-state index contributed by atoms with van der Waals surface area (Å²) >= 11 is 0. The topological polar surface area (TPSA) is 101 Å². The minimum atomic E-state index is -0.650. The Kier molecular flexibility index (Phi) is 6.40. The number of nitrogens with zero attached hydrogens (tertiary/aromatic N) is 2. The number of nitrogens with two attached hydrogens (primary N) is 1. The lowest BCUT2D eigenvalue weighted by molar-refractivity contribution is 0.0986. The summed E-state index contributed by atoms with van der Waals surface area (Å²) < 4.78 is 1.33. The summed E-state index contributed by atoms with van der Waals surface area (Å²) in [4.78, 5) is 42.2. The van der Waals surface area contributed by atoms with Crippen LogP contribution in [0.2, 0.25) is 0 Å². The van der Waals surface area contributed by atoms with Crippen molar-refractivity contribution >= 4 is 28.2 Å². The number of carbonyl (C=O) groups is 1. The molecular weight excluding hydrogens is 380 g/mol. The zero-order valence-corrected chi connectivity index (χ0v) is 17.6. The molecule has 0 aliphatic rings. The first-order valence-electron chi connectivity index (χ1n) is 10.3.